The number of hydrogen-bond acceptors (Lipinski definition) is 5. The van der Waals surface area contributed by atoms with Gasteiger partial charge in [-0.25, -0.2) is 0 Å². The average Bonchev–Trinajstić information content (AvgIpc) is 3.31. The van der Waals surface area contributed by atoms with Crippen molar-refractivity contribution in [2.24, 2.45) is 0 Å². The van der Waals surface area contributed by atoms with Crippen LogP contribution >= 0.6 is 0 Å². The van der Waals surface area contributed by atoms with Crippen molar-refractivity contribution in [3.8, 4) is 17.0 Å². The first-order chi connectivity index (χ1) is 17.0. The van der Waals surface area contributed by atoms with Gasteiger partial charge in [-0.05, 0) is 32.4 Å². The van der Waals surface area contributed by atoms with E-state index in [1.807, 2.05) is 61.5 Å². The minimum atomic E-state index is -1.11. The number of benzene rings is 2. The number of nitrogens with zero attached hydrogens (tertiary/aromatic N) is 3. The Hall–Kier alpha value is -3.65. The molecule has 1 atom stereocenters. The van der Waals surface area contributed by atoms with Gasteiger partial charge in [0.1, 0.15) is 17.0 Å². The van der Waals surface area contributed by atoms with Crippen LogP contribution in [0.5, 0.6) is 5.75 Å². The van der Waals surface area contributed by atoms with Crippen molar-refractivity contribution in [1.82, 2.24) is 20.0 Å². The van der Waals surface area contributed by atoms with Gasteiger partial charge in [-0.1, -0.05) is 48.5 Å². The van der Waals surface area contributed by atoms with E-state index in [4.69, 9.17) is 9.47 Å². The molecule has 2 heterocycles. The van der Waals surface area contributed by atoms with Crippen molar-refractivity contribution in [3.63, 3.8) is 0 Å². The highest BCUT2D eigenvalue weighted by atomic mass is 16.5. The van der Waals surface area contributed by atoms with Crippen LogP contribution in [-0.2, 0) is 22.6 Å². The van der Waals surface area contributed by atoms with Gasteiger partial charge < -0.3 is 19.7 Å². The number of para-hydroxylation sites is 1. The molecule has 2 amide bonds. The smallest absolute Gasteiger partial charge is 0.273 e. The number of amides is 2. The summed E-state index contributed by atoms with van der Waals surface area (Å²) in [7, 11) is 1.60. The second-order valence-corrected chi connectivity index (χ2v) is 8.71. The number of carbonyl (C=O) groups is 2. The molecule has 0 spiro atoms. The fraction of sp³-hybridized carbons (Fsp3) is 0.370. The summed E-state index contributed by atoms with van der Waals surface area (Å²) < 4.78 is 12.5. The van der Waals surface area contributed by atoms with E-state index in [9.17, 15) is 9.59 Å². The Kier molecular flexibility index (Phi) is 7.51. The van der Waals surface area contributed by atoms with Gasteiger partial charge in [0.05, 0.1) is 19.3 Å². The fourth-order valence-corrected chi connectivity index (χ4v) is 4.43. The molecule has 35 heavy (non-hydrogen) atoms. The molecule has 3 aromatic rings. The highest BCUT2D eigenvalue weighted by Gasteiger charge is 2.47. The predicted molar refractivity (Wildman–Crippen MR) is 133 cm³/mol. The molecule has 1 unspecified atom stereocenters. The molecular formula is C27H32N4O4. The highest BCUT2D eigenvalue weighted by Crippen LogP contribution is 2.30. The van der Waals surface area contributed by atoms with Gasteiger partial charge in [-0.15, -0.1) is 0 Å². The maximum atomic E-state index is 13.6. The lowest BCUT2D eigenvalue weighted by molar-refractivity contribution is -0.133. The Morgan fingerprint density at radius 2 is 1.89 bits per heavy atom. The lowest BCUT2D eigenvalue weighted by atomic mass is 9.94. The van der Waals surface area contributed by atoms with E-state index in [0.717, 1.165) is 11.1 Å². The number of methoxy groups -OCH3 is 1. The van der Waals surface area contributed by atoms with Crippen molar-refractivity contribution in [1.29, 1.82) is 0 Å². The molecule has 2 aromatic carbocycles. The molecule has 184 valence electrons. The summed E-state index contributed by atoms with van der Waals surface area (Å²) in [5.41, 5.74) is 1.87. The minimum absolute atomic E-state index is 0.211. The minimum Gasteiger partial charge on any atom is -0.496 e. The summed E-state index contributed by atoms with van der Waals surface area (Å²) in [6, 6.07) is 19.1. The van der Waals surface area contributed by atoms with Crippen molar-refractivity contribution in [2.45, 2.75) is 38.9 Å². The number of fused-ring (bicyclic) bond motifs is 1. The van der Waals surface area contributed by atoms with Crippen LogP contribution < -0.4 is 10.1 Å². The van der Waals surface area contributed by atoms with Crippen LogP contribution in [0.15, 0.2) is 60.7 Å². The van der Waals surface area contributed by atoms with Gasteiger partial charge in [-0.2, -0.15) is 5.10 Å². The quantitative estimate of drug-likeness (QED) is 0.453. The Morgan fingerprint density at radius 3 is 2.63 bits per heavy atom. The van der Waals surface area contributed by atoms with Gasteiger partial charge in [0, 0.05) is 37.4 Å². The van der Waals surface area contributed by atoms with Crippen molar-refractivity contribution in [2.75, 3.05) is 26.9 Å². The first-order valence-corrected chi connectivity index (χ1v) is 11.9. The molecule has 0 aliphatic carbocycles. The Bertz CT molecular complexity index is 1180. The second-order valence-electron chi connectivity index (χ2n) is 8.71. The van der Waals surface area contributed by atoms with Gasteiger partial charge >= 0.3 is 0 Å². The van der Waals surface area contributed by atoms with E-state index in [1.54, 1.807) is 29.7 Å². The van der Waals surface area contributed by atoms with Gasteiger partial charge in [0.25, 0.3) is 5.91 Å². The summed E-state index contributed by atoms with van der Waals surface area (Å²) in [6.07, 6.45) is 0.634. The zero-order valence-corrected chi connectivity index (χ0v) is 20.5. The number of rotatable bonds is 10. The summed E-state index contributed by atoms with van der Waals surface area (Å²) in [5, 5.41) is 7.70. The molecule has 0 saturated heterocycles. The maximum absolute atomic E-state index is 13.6. The molecule has 0 fully saturated rings. The largest absolute Gasteiger partial charge is 0.496 e. The number of carbonyl (C=O) groups excluding carboxylic acids is 2. The molecule has 1 aromatic heterocycles. The van der Waals surface area contributed by atoms with Gasteiger partial charge in [0.15, 0.2) is 0 Å². The molecule has 1 aliphatic heterocycles. The molecular weight excluding hydrogens is 444 g/mol. The van der Waals surface area contributed by atoms with Crippen molar-refractivity contribution >= 4 is 11.8 Å². The third kappa shape index (κ3) is 5.07. The Labute approximate surface area is 205 Å². The highest BCUT2D eigenvalue weighted by molar-refractivity contribution is 6.00. The zero-order valence-electron chi connectivity index (χ0n) is 20.5. The van der Waals surface area contributed by atoms with Crippen molar-refractivity contribution < 1.29 is 19.1 Å². The van der Waals surface area contributed by atoms with E-state index < -0.39 is 5.54 Å². The molecule has 8 heteroatoms. The SMILES string of the molecule is CCOCCCN1C(=O)c2cc(-c3ccccc3)nn2CC1(C)C(=O)NCc1ccccc1OC. The topological polar surface area (TPSA) is 85.7 Å². The number of ether oxygens (including phenoxy) is 2. The monoisotopic (exact) mass is 476 g/mol. The molecule has 0 bridgehead atoms. The third-order valence-corrected chi connectivity index (χ3v) is 6.36. The van der Waals surface area contributed by atoms with E-state index >= 15 is 0 Å². The molecule has 1 N–H and O–H groups in total. The zero-order chi connectivity index (χ0) is 24.8. The lowest BCUT2D eigenvalue weighted by Gasteiger charge is -2.43. The first-order valence-electron chi connectivity index (χ1n) is 11.9. The van der Waals surface area contributed by atoms with Gasteiger partial charge in [-0.3, -0.25) is 14.3 Å². The maximum Gasteiger partial charge on any atom is 0.273 e. The van der Waals surface area contributed by atoms with E-state index in [-0.39, 0.29) is 18.4 Å². The second kappa shape index (κ2) is 10.7. The van der Waals surface area contributed by atoms with Crippen LogP contribution in [0.4, 0.5) is 0 Å². The molecule has 0 saturated carbocycles. The molecule has 4 rings (SSSR count). The van der Waals surface area contributed by atoms with Crippen LogP contribution in [0.3, 0.4) is 0 Å². The van der Waals surface area contributed by atoms with E-state index in [1.165, 1.54) is 0 Å². The average molecular weight is 477 g/mol. The molecule has 0 radical (unpaired) electrons. The molecule has 8 nitrogen and oxygen atoms in total. The Morgan fingerprint density at radius 1 is 1.14 bits per heavy atom. The summed E-state index contributed by atoms with van der Waals surface area (Å²) in [6.45, 7) is 5.82. The van der Waals surface area contributed by atoms with Crippen molar-refractivity contribution in [3.05, 3.63) is 71.9 Å². The first kappa shape index (κ1) is 24.5. The lowest BCUT2D eigenvalue weighted by Crippen LogP contribution is -2.64. The van der Waals surface area contributed by atoms with Crippen LogP contribution in [0, 0.1) is 0 Å². The number of nitrogens with one attached hydrogen (secondary N) is 1. The van der Waals surface area contributed by atoms with E-state index in [2.05, 4.69) is 10.4 Å². The summed E-state index contributed by atoms with van der Waals surface area (Å²) in [4.78, 5) is 28.9. The fourth-order valence-electron chi connectivity index (χ4n) is 4.43. The summed E-state index contributed by atoms with van der Waals surface area (Å²) >= 11 is 0. The molecule has 1 aliphatic rings. The number of aromatic nitrogens is 2. The van der Waals surface area contributed by atoms with Crippen LogP contribution in [-0.4, -0.2) is 58.9 Å². The third-order valence-electron chi connectivity index (χ3n) is 6.36. The van der Waals surface area contributed by atoms with Gasteiger partial charge in [0.2, 0.25) is 5.91 Å². The predicted octanol–water partition coefficient (Wildman–Crippen LogP) is 3.52. The Balaban J connectivity index is 1.61. The van der Waals surface area contributed by atoms with Crippen LogP contribution in [0.2, 0.25) is 0 Å². The normalized spacial score (nSPS) is 17.2. The number of hydrogen-bond donors (Lipinski definition) is 1. The van der Waals surface area contributed by atoms with Crippen LogP contribution in [0.1, 0.15) is 36.3 Å². The standard InChI is InChI=1S/C27H32N4O4/c1-4-35-16-10-15-30-25(32)23-17-22(20-11-6-5-7-12-20)29-31(23)19-27(30,2)26(33)28-18-21-13-8-9-14-24(21)34-3/h5-9,11-14,17H,4,10,15-16,18-19H2,1-3H3,(H,28,33). The van der Waals surface area contributed by atoms with E-state index in [0.29, 0.717) is 49.9 Å². The van der Waals surface area contributed by atoms with Crippen LogP contribution in [0.25, 0.3) is 11.3 Å². The summed E-state index contributed by atoms with van der Waals surface area (Å²) in [5.74, 6) is 0.251.